The van der Waals surface area contributed by atoms with E-state index in [1.807, 2.05) is 0 Å². The van der Waals surface area contributed by atoms with Crippen LogP contribution >= 0.6 is 0 Å². The zero-order chi connectivity index (χ0) is 15.0. The van der Waals surface area contributed by atoms with Crippen molar-refractivity contribution < 1.29 is 14.7 Å². The number of hydrogen-bond acceptors (Lipinski definition) is 3. The van der Waals surface area contributed by atoms with Gasteiger partial charge in [0.15, 0.2) is 0 Å². The molecule has 3 N–H and O–H groups in total. The molecule has 0 saturated heterocycles. The van der Waals surface area contributed by atoms with Gasteiger partial charge in [0, 0.05) is 6.04 Å². The van der Waals surface area contributed by atoms with Crippen LogP contribution < -0.4 is 10.6 Å². The molecule has 3 fully saturated rings. The predicted molar refractivity (Wildman–Crippen MR) is 78.8 cm³/mol. The lowest BCUT2D eigenvalue weighted by molar-refractivity contribution is -0.149. The minimum absolute atomic E-state index is 0.0715. The van der Waals surface area contributed by atoms with E-state index in [1.165, 1.54) is 25.7 Å². The van der Waals surface area contributed by atoms with Gasteiger partial charge in [0.1, 0.15) is 5.54 Å². The van der Waals surface area contributed by atoms with Gasteiger partial charge in [-0.2, -0.15) is 0 Å². The molecule has 4 atom stereocenters. The van der Waals surface area contributed by atoms with Crippen molar-refractivity contribution in [3.05, 3.63) is 0 Å². The monoisotopic (exact) mass is 294 g/mol. The van der Waals surface area contributed by atoms with Crippen LogP contribution in [0.2, 0.25) is 0 Å². The molecule has 4 unspecified atom stereocenters. The number of carboxylic acid groups (broad SMARTS) is 1. The summed E-state index contributed by atoms with van der Waals surface area (Å²) < 4.78 is 0. The fourth-order valence-electron chi connectivity index (χ4n) is 4.56. The highest BCUT2D eigenvalue weighted by Crippen LogP contribution is 2.49. The van der Waals surface area contributed by atoms with Gasteiger partial charge in [0.2, 0.25) is 5.91 Å². The topological polar surface area (TPSA) is 78.4 Å². The summed E-state index contributed by atoms with van der Waals surface area (Å²) in [4.78, 5) is 23.3. The largest absolute Gasteiger partial charge is 0.480 e. The molecule has 0 aromatic carbocycles. The smallest absolute Gasteiger partial charge is 0.323 e. The van der Waals surface area contributed by atoms with Gasteiger partial charge in [-0.1, -0.05) is 6.42 Å². The summed E-state index contributed by atoms with van der Waals surface area (Å²) in [5.74, 6) is 1.38. The van der Waals surface area contributed by atoms with Crippen molar-refractivity contribution in [2.75, 3.05) is 6.54 Å². The second-order valence-corrected chi connectivity index (χ2v) is 7.29. The number of nitrogens with one attached hydrogen (secondary N) is 2. The molecule has 21 heavy (non-hydrogen) atoms. The second-order valence-electron chi connectivity index (χ2n) is 7.29. The summed E-state index contributed by atoms with van der Waals surface area (Å²) >= 11 is 0. The average molecular weight is 294 g/mol. The van der Waals surface area contributed by atoms with E-state index in [2.05, 4.69) is 17.6 Å². The van der Waals surface area contributed by atoms with Crippen LogP contribution in [0.25, 0.3) is 0 Å². The van der Waals surface area contributed by atoms with Gasteiger partial charge in [-0.05, 0) is 63.2 Å². The predicted octanol–water partition coefficient (Wildman–Crippen LogP) is 1.52. The van der Waals surface area contributed by atoms with Crippen molar-refractivity contribution in [1.82, 2.24) is 10.6 Å². The summed E-state index contributed by atoms with van der Waals surface area (Å²) in [5.41, 5.74) is -0.854. The van der Waals surface area contributed by atoms with Crippen LogP contribution in [0.3, 0.4) is 0 Å². The Hall–Kier alpha value is -1.10. The van der Waals surface area contributed by atoms with Crippen molar-refractivity contribution in [2.24, 2.45) is 17.8 Å². The van der Waals surface area contributed by atoms with E-state index < -0.39 is 11.5 Å². The molecule has 0 aromatic rings. The van der Waals surface area contributed by atoms with Crippen molar-refractivity contribution in [1.29, 1.82) is 0 Å². The molecular weight excluding hydrogens is 268 g/mol. The molecule has 1 amide bonds. The summed E-state index contributed by atoms with van der Waals surface area (Å²) in [5, 5.41) is 15.3. The zero-order valence-electron chi connectivity index (χ0n) is 12.7. The van der Waals surface area contributed by atoms with Crippen molar-refractivity contribution in [3.8, 4) is 0 Å². The molecule has 0 aromatic heterocycles. The first-order valence-electron chi connectivity index (χ1n) is 8.28. The Labute approximate surface area is 125 Å². The van der Waals surface area contributed by atoms with Gasteiger partial charge >= 0.3 is 5.97 Å². The number of amides is 1. The molecule has 0 heterocycles. The van der Waals surface area contributed by atoms with Crippen LogP contribution in [0, 0.1) is 17.8 Å². The van der Waals surface area contributed by atoms with Crippen LogP contribution in [0.15, 0.2) is 0 Å². The van der Waals surface area contributed by atoms with E-state index in [0.717, 1.165) is 18.3 Å². The van der Waals surface area contributed by atoms with E-state index in [4.69, 9.17) is 0 Å². The third-order valence-electron chi connectivity index (χ3n) is 6.03. The number of rotatable bonds is 6. The molecule has 5 nitrogen and oxygen atoms in total. The lowest BCUT2D eigenvalue weighted by Gasteiger charge is -2.38. The normalized spacial score (nSPS) is 34.2. The maximum absolute atomic E-state index is 12.1. The molecule has 2 bridgehead atoms. The van der Waals surface area contributed by atoms with Crippen LogP contribution in [0.5, 0.6) is 0 Å². The number of carboxylic acids is 1. The maximum Gasteiger partial charge on any atom is 0.323 e. The number of fused-ring (bicyclic) bond motifs is 2. The Kier molecular flexibility index (Phi) is 3.95. The fourth-order valence-corrected chi connectivity index (χ4v) is 4.56. The third kappa shape index (κ3) is 2.80. The van der Waals surface area contributed by atoms with Crippen LogP contribution in [0.4, 0.5) is 0 Å². The van der Waals surface area contributed by atoms with E-state index >= 15 is 0 Å². The minimum Gasteiger partial charge on any atom is -0.480 e. The lowest BCUT2D eigenvalue weighted by atomic mass is 9.77. The number of carbonyl (C=O) groups is 2. The molecule has 3 aliphatic rings. The van der Waals surface area contributed by atoms with Gasteiger partial charge in [0.25, 0.3) is 0 Å². The number of carbonyl (C=O) groups excluding carboxylic acids is 1. The first kappa shape index (κ1) is 14.8. The van der Waals surface area contributed by atoms with Crippen LogP contribution in [-0.2, 0) is 9.59 Å². The zero-order valence-corrected chi connectivity index (χ0v) is 12.7. The lowest BCUT2D eigenvalue weighted by Crippen LogP contribution is -2.59. The third-order valence-corrected chi connectivity index (χ3v) is 6.03. The summed E-state index contributed by atoms with van der Waals surface area (Å²) in [6.45, 7) is 2.21. The average Bonchev–Trinajstić information content (AvgIpc) is 2.99. The first-order valence-corrected chi connectivity index (χ1v) is 8.28. The highest BCUT2D eigenvalue weighted by atomic mass is 16.4. The van der Waals surface area contributed by atoms with Crippen LogP contribution in [0.1, 0.15) is 51.9 Å². The second kappa shape index (κ2) is 5.59. The highest BCUT2D eigenvalue weighted by molar-refractivity contribution is 5.83. The quantitative estimate of drug-likeness (QED) is 0.694. The molecule has 3 saturated carbocycles. The Balaban J connectivity index is 1.45. The van der Waals surface area contributed by atoms with Crippen molar-refractivity contribution in [3.63, 3.8) is 0 Å². The maximum atomic E-state index is 12.1. The van der Waals surface area contributed by atoms with Gasteiger partial charge in [-0.15, -0.1) is 0 Å². The Morgan fingerprint density at radius 2 is 2.05 bits per heavy atom. The van der Waals surface area contributed by atoms with E-state index in [1.54, 1.807) is 0 Å². The number of hydrogen-bond donors (Lipinski definition) is 3. The van der Waals surface area contributed by atoms with Crippen LogP contribution in [-0.4, -0.2) is 35.1 Å². The standard InChI is InChI=1S/C16H26N2O3/c1-10(13-8-11-3-4-12(13)7-11)18-14(19)9-17-16(15(20)21)5-2-6-16/h10-13,17H,2-9H2,1H3,(H,18,19)(H,20,21). The summed E-state index contributed by atoms with van der Waals surface area (Å²) in [6, 6.07) is 0.205. The Morgan fingerprint density at radius 1 is 1.29 bits per heavy atom. The molecule has 118 valence electrons. The molecule has 3 aliphatic carbocycles. The van der Waals surface area contributed by atoms with Gasteiger partial charge < -0.3 is 10.4 Å². The Bertz CT molecular complexity index is 433. The van der Waals surface area contributed by atoms with Gasteiger partial charge in [-0.25, -0.2) is 0 Å². The molecule has 0 spiro atoms. The Morgan fingerprint density at radius 3 is 2.52 bits per heavy atom. The summed E-state index contributed by atoms with van der Waals surface area (Å²) in [7, 11) is 0. The molecule has 0 aliphatic heterocycles. The van der Waals surface area contributed by atoms with Crippen molar-refractivity contribution in [2.45, 2.75) is 63.5 Å². The van der Waals surface area contributed by atoms with Crippen molar-refractivity contribution >= 4 is 11.9 Å². The van der Waals surface area contributed by atoms with E-state index in [9.17, 15) is 14.7 Å². The van der Waals surface area contributed by atoms with E-state index in [-0.39, 0.29) is 18.5 Å². The number of aliphatic carboxylic acids is 1. The highest BCUT2D eigenvalue weighted by Gasteiger charge is 2.45. The molecular formula is C16H26N2O3. The van der Waals surface area contributed by atoms with Gasteiger partial charge in [-0.3, -0.25) is 14.9 Å². The molecule has 3 rings (SSSR count). The SMILES string of the molecule is CC(NC(=O)CNC1(C(=O)O)CCC1)C1CC2CCC1C2. The molecule has 0 radical (unpaired) electrons. The summed E-state index contributed by atoms with van der Waals surface area (Å²) in [6.07, 6.45) is 7.43. The van der Waals surface area contributed by atoms with Gasteiger partial charge in [0.05, 0.1) is 6.54 Å². The first-order chi connectivity index (χ1) is 10.00. The minimum atomic E-state index is -0.854. The molecule has 5 heteroatoms. The van der Waals surface area contributed by atoms with E-state index in [0.29, 0.717) is 18.8 Å². The fraction of sp³-hybridized carbons (Fsp3) is 0.875.